The topological polar surface area (TPSA) is 49.4 Å². The van der Waals surface area contributed by atoms with Crippen LogP contribution in [-0.2, 0) is 4.79 Å². The number of nitrogens with zero attached hydrogens (tertiary/aromatic N) is 1. The number of carbonyl (C=O) groups is 2. The molecule has 0 unspecified atom stereocenters. The van der Waals surface area contributed by atoms with E-state index in [2.05, 4.69) is 5.32 Å². The van der Waals surface area contributed by atoms with Gasteiger partial charge in [-0.25, -0.2) is 8.78 Å². The number of Topliss-reactive ketones (excluding diaryl/α,β-unsaturated/α-hetero) is 1. The molecule has 0 atom stereocenters. The minimum atomic E-state index is -1.06. The molecule has 0 heterocycles. The molecular formula is C14H18F2N2O2. The Morgan fingerprint density at radius 3 is 2.40 bits per heavy atom. The molecule has 1 aromatic rings. The molecule has 0 spiro atoms. The van der Waals surface area contributed by atoms with Crippen molar-refractivity contribution in [2.75, 3.05) is 20.1 Å². The molecule has 4 nitrogen and oxygen atoms in total. The molecule has 0 aliphatic carbocycles. The number of amides is 1. The molecule has 0 aliphatic rings. The maximum Gasteiger partial charge on any atom is 0.234 e. The Bertz CT molecular complexity index is 504. The van der Waals surface area contributed by atoms with E-state index in [1.807, 2.05) is 13.8 Å². The van der Waals surface area contributed by atoms with Gasteiger partial charge in [0, 0.05) is 11.6 Å². The number of halogens is 2. The quantitative estimate of drug-likeness (QED) is 0.807. The standard InChI is InChI=1S/C14H18F2N2O2/c1-9(2)17-14(20)8-18(3)7-13(19)10-4-5-11(15)12(16)6-10/h4-6,9H,7-8H2,1-3H3,(H,17,20). The number of ketones is 1. The van der Waals surface area contributed by atoms with E-state index in [0.717, 1.165) is 12.1 Å². The third-order valence-electron chi connectivity index (χ3n) is 2.52. The van der Waals surface area contributed by atoms with Crippen LogP contribution in [0.15, 0.2) is 18.2 Å². The fourth-order valence-electron chi connectivity index (χ4n) is 1.67. The maximum absolute atomic E-state index is 13.0. The van der Waals surface area contributed by atoms with Crippen LogP contribution < -0.4 is 5.32 Å². The zero-order valence-corrected chi connectivity index (χ0v) is 11.7. The normalized spacial score (nSPS) is 10.9. The molecule has 0 saturated heterocycles. The number of rotatable bonds is 6. The lowest BCUT2D eigenvalue weighted by molar-refractivity contribution is -0.122. The van der Waals surface area contributed by atoms with Gasteiger partial charge < -0.3 is 5.32 Å². The van der Waals surface area contributed by atoms with E-state index >= 15 is 0 Å². The Balaban J connectivity index is 2.57. The smallest absolute Gasteiger partial charge is 0.234 e. The van der Waals surface area contributed by atoms with E-state index in [0.29, 0.717) is 0 Å². The van der Waals surface area contributed by atoms with E-state index in [-0.39, 0.29) is 36.4 Å². The molecule has 1 aromatic carbocycles. The van der Waals surface area contributed by atoms with Gasteiger partial charge in [-0.3, -0.25) is 14.5 Å². The highest BCUT2D eigenvalue weighted by atomic mass is 19.2. The predicted molar refractivity (Wildman–Crippen MR) is 71.5 cm³/mol. The van der Waals surface area contributed by atoms with Gasteiger partial charge in [0.05, 0.1) is 13.1 Å². The summed E-state index contributed by atoms with van der Waals surface area (Å²) >= 11 is 0. The number of carbonyl (C=O) groups excluding carboxylic acids is 2. The van der Waals surface area contributed by atoms with Gasteiger partial charge in [-0.15, -0.1) is 0 Å². The molecule has 0 bridgehead atoms. The first kappa shape index (κ1) is 16.2. The van der Waals surface area contributed by atoms with Crippen LogP contribution in [0, 0.1) is 11.6 Å². The van der Waals surface area contributed by atoms with Crippen LogP contribution in [0.2, 0.25) is 0 Å². The molecule has 0 aromatic heterocycles. The summed E-state index contributed by atoms with van der Waals surface area (Å²) in [5.41, 5.74) is 0.0833. The minimum absolute atomic E-state index is 0.0257. The summed E-state index contributed by atoms with van der Waals surface area (Å²) < 4.78 is 25.8. The first-order chi connectivity index (χ1) is 9.29. The number of likely N-dealkylation sites (N-methyl/N-ethyl adjacent to an activating group) is 1. The molecular weight excluding hydrogens is 266 g/mol. The van der Waals surface area contributed by atoms with Crippen molar-refractivity contribution in [1.82, 2.24) is 10.2 Å². The Labute approximate surface area is 116 Å². The van der Waals surface area contributed by atoms with Crippen molar-refractivity contribution in [2.24, 2.45) is 0 Å². The third-order valence-corrected chi connectivity index (χ3v) is 2.52. The predicted octanol–water partition coefficient (Wildman–Crippen LogP) is 1.60. The molecule has 1 amide bonds. The molecule has 0 saturated carbocycles. The summed E-state index contributed by atoms with van der Waals surface area (Å²) in [6, 6.07) is 3.02. The zero-order valence-electron chi connectivity index (χ0n) is 11.7. The monoisotopic (exact) mass is 284 g/mol. The Hall–Kier alpha value is -1.82. The Morgan fingerprint density at radius 1 is 1.20 bits per heavy atom. The number of nitrogens with one attached hydrogen (secondary N) is 1. The lowest BCUT2D eigenvalue weighted by Crippen LogP contribution is -2.40. The summed E-state index contributed by atoms with van der Waals surface area (Å²) in [4.78, 5) is 24.9. The summed E-state index contributed by atoms with van der Waals surface area (Å²) in [6.07, 6.45) is 0. The second kappa shape index (κ2) is 7.09. The van der Waals surface area contributed by atoms with Crippen molar-refractivity contribution >= 4 is 11.7 Å². The fourth-order valence-corrected chi connectivity index (χ4v) is 1.67. The van der Waals surface area contributed by atoms with Gasteiger partial charge in [0.2, 0.25) is 5.91 Å². The average Bonchev–Trinajstić information content (AvgIpc) is 2.30. The first-order valence-electron chi connectivity index (χ1n) is 6.25. The first-order valence-corrected chi connectivity index (χ1v) is 6.25. The summed E-state index contributed by atoms with van der Waals surface area (Å²) in [6.45, 7) is 3.69. The average molecular weight is 284 g/mol. The highest BCUT2D eigenvalue weighted by molar-refractivity contribution is 5.97. The maximum atomic E-state index is 13.0. The van der Waals surface area contributed by atoms with Crippen molar-refractivity contribution in [2.45, 2.75) is 19.9 Å². The number of hydrogen-bond donors (Lipinski definition) is 1. The second-order valence-electron chi connectivity index (χ2n) is 4.95. The Kier molecular flexibility index (Phi) is 5.76. The van der Waals surface area contributed by atoms with Crippen LogP contribution in [0.1, 0.15) is 24.2 Å². The molecule has 0 fully saturated rings. The van der Waals surface area contributed by atoms with Gasteiger partial charge in [0.1, 0.15) is 0 Å². The molecule has 1 rings (SSSR count). The van der Waals surface area contributed by atoms with Gasteiger partial charge in [0.25, 0.3) is 0 Å². The van der Waals surface area contributed by atoms with Gasteiger partial charge in [0.15, 0.2) is 17.4 Å². The van der Waals surface area contributed by atoms with E-state index in [4.69, 9.17) is 0 Å². The van der Waals surface area contributed by atoms with Crippen LogP contribution in [-0.4, -0.2) is 42.8 Å². The van der Waals surface area contributed by atoms with Crippen LogP contribution in [0.25, 0.3) is 0 Å². The largest absolute Gasteiger partial charge is 0.353 e. The van der Waals surface area contributed by atoms with Crippen LogP contribution >= 0.6 is 0 Å². The number of hydrogen-bond acceptors (Lipinski definition) is 3. The lowest BCUT2D eigenvalue weighted by Gasteiger charge is -2.16. The molecule has 0 aliphatic heterocycles. The minimum Gasteiger partial charge on any atom is -0.353 e. The van der Waals surface area contributed by atoms with Crippen molar-refractivity contribution < 1.29 is 18.4 Å². The summed E-state index contributed by atoms with van der Waals surface area (Å²) in [7, 11) is 1.61. The van der Waals surface area contributed by atoms with Crippen LogP contribution in [0.5, 0.6) is 0 Å². The molecule has 110 valence electrons. The van der Waals surface area contributed by atoms with Gasteiger partial charge in [-0.1, -0.05) is 0 Å². The van der Waals surface area contributed by atoms with Crippen LogP contribution in [0.3, 0.4) is 0 Å². The zero-order chi connectivity index (χ0) is 15.3. The Morgan fingerprint density at radius 2 is 1.85 bits per heavy atom. The van der Waals surface area contributed by atoms with Gasteiger partial charge in [-0.2, -0.15) is 0 Å². The molecule has 20 heavy (non-hydrogen) atoms. The van der Waals surface area contributed by atoms with Crippen molar-refractivity contribution in [3.8, 4) is 0 Å². The number of benzene rings is 1. The van der Waals surface area contributed by atoms with Crippen molar-refractivity contribution in [3.63, 3.8) is 0 Å². The molecule has 6 heteroatoms. The van der Waals surface area contributed by atoms with Gasteiger partial charge >= 0.3 is 0 Å². The second-order valence-corrected chi connectivity index (χ2v) is 4.95. The van der Waals surface area contributed by atoms with Crippen LogP contribution in [0.4, 0.5) is 8.78 Å². The molecule has 1 N–H and O–H groups in total. The van der Waals surface area contributed by atoms with E-state index in [1.165, 1.54) is 11.0 Å². The van der Waals surface area contributed by atoms with E-state index in [9.17, 15) is 18.4 Å². The van der Waals surface area contributed by atoms with Crippen molar-refractivity contribution in [3.05, 3.63) is 35.4 Å². The van der Waals surface area contributed by atoms with Gasteiger partial charge in [-0.05, 0) is 39.1 Å². The summed E-state index contributed by atoms with van der Waals surface area (Å²) in [5.74, 6) is -2.62. The summed E-state index contributed by atoms with van der Waals surface area (Å²) in [5, 5.41) is 2.70. The fraction of sp³-hybridized carbons (Fsp3) is 0.429. The SMILES string of the molecule is CC(C)NC(=O)CN(C)CC(=O)c1ccc(F)c(F)c1. The highest BCUT2D eigenvalue weighted by Gasteiger charge is 2.14. The third kappa shape index (κ3) is 5.05. The lowest BCUT2D eigenvalue weighted by atomic mass is 10.1. The van der Waals surface area contributed by atoms with Crippen molar-refractivity contribution in [1.29, 1.82) is 0 Å². The van der Waals surface area contributed by atoms with E-state index < -0.39 is 11.6 Å². The highest BCUT2D eigenvalue weighted by Crippen LogP contribution is 2.09. The molecule has 0 radical (unpaired) electrons. The van der Waals surface area contributed by atoms with E-state index in [1.54, 1.807) is 7.05 Å².